The van der Waals surface area contributed by atoms with Gasteiger partial charge in [-0.15, -0.1) is 0 Å². The SMILES string of the molecule is CCCCCn1c(N2CCC[C@H]2C(=O)CCCC(=O)N2CCOCC2)cc(=O)n2cc(-c3ccc(Cl)cc3)nc12. The summed E-state index contributed by atoms with van der Waals surface area (Å²) in [6, 6.07) is 8.78. The summed E-state index contributed by atoms with van der Waals surface area (Å²) in [5.41, 5.74) is 1.42. The van der Waals surface area contributed by atoms with Crippen LogP contribution in [-0.2, 0) is 20.9 Å². The number of ether oxygens (including phenoxy) is 1. The zero-order valence-electron chi connectivity index (χ0n) is 23.2. The standard InChI is InChI=1S/C30H38ClN5O4/c1-2-3-4-14-35-27(20-29(39)36-21-24(32-30(35)36)22-10-12-23(31)13-11-22)34-15-6-7-25(34)26(37)8-5-9-28(38)33-16-18-40-19-17-33/h10-13,20-21,25H,2-9,14-19H2,1H3/t25-/m0/s1. The number of imidazole rings is 1. The van der Waals surface area contributed by atoms with Gasteiger partial charge in [0.15, 0.2) is 5.78 Å². The predicted molar refractivity (Wildman–Crippen MR) is 156 cm³/mol. The number of rotatable bonds is 11. The van der Waals surface area contributed by atoms with Crippen molar-refractivity contribution in [3.63, 3.8) is 0 Å². The monoisotopic (exact) mass is 567 g/mol. The van der Waals surface area contributed by atoms with E-state index in [0.29, 0.717) is 75.1 Å². The van der Waals surface area contributed by atoms with Gasteiger partial charge in [0.2, 0.25) is 11.7 Å². The number of amides is 1. The van der Waals surface area contributed by atoms with Gasteiger partial charge in [-0.3, -0.25) is 23.4 Å². The molecule has 40 heavy (non-hydrogen) atoms. The molecule has 3 aromatic rings. The molecule has 10 heteroatoms. The van der Waals surface area contributed by atoms with Crippen LogP contribution in [-0.4, -0.2) is 69.4 Å². The molecule has 1 amide bonds. The van der Waals surface area contributed by atoms with Crippen LogP contribution in [0.2, 0.25) is 5.02 Å². The van der Waals surface area contributed by atoms with Crippen molar-refractivity contribution in [3.05, 3.63) is 51.9 Å². The van der Waals surface area contributed by atoms with Crippen molar-refractivity contribution >= 4 is 34.9 Å². The second-order valence-corrected chi connectivity index (χ2v) is 11.1. The Morgan fingerprint density at radius 3 is 2.58 bits per heavy atom. The summed E-state index contributed by atoms with van der Waals surface area (Å²) < 4.78 is 9.03. The Kier molecular flexibility index (Phi) is 9.22. The van der Waals surface area contributed by atoms with Crippen molar-refractivity contribution in [1.29, 1.82) is 0 Å². The molecule has 0 spiro atoms. The first-order valence-electron chi connectivity index (χ1n) is 14.5. The first-order chi connectivity index (χ1) is 19.5. The number of halogens is 1. The van der Waals surface area contributed by atoms with Crippen LogP contribution in [0.5, 0.6) is 0 Å². The number of fused-ring (bicyclic) bond motifs is 1. The fourth-order valence-electron chi connectivity index (χ4n) is 5.74. The second kappa shape index (κ2) is 13.0. The molecule has 0 radical (unpaired) electrons. The van der Waals surface area contributed by atoms with Crippen molar-refractivity contribution in [1.82, 2.24) is 18.9 Å². The van der Waals surface area contributed by atoms with Gasteiger partial charge in [0.25, 0.3) is 5.56 Å². The number of morpholine rings is 1. The Balaban J connectivity index is 1.38. The highest BCUT2D eigenvalue weighted by Crippen LogP contribution is 2.29. The van der Waals surface area contributed by atoms with Crippen molar-refractivity contribution in [3.8, 4) is 11.3 Å². The molecule has 0 unspecified atom stereocenters. The summed E-state index contributed by atoms with van der Waals surface area (Å²) in [6.45, 7) is 5.96. The zero-order valence-corrected chi connectivity index (χ0v) is 23.9. The lowest BCUT2D eigenvalue weighted by atomic mass is 10.0. The number of aryl methyl sites for hydroxylation is 1. The molecule has 2 aliphatic rings. The Bertz CT molecular complexity index is 1390. The van der Waals surface area contributed by atoms with Crippen LogP contribution < -0.4 is 10.5 Å². The van der Waals surface area contributed by atoms with Crippen LogP contribution in [0, 0.1) is 0 Å². The maximum atomic E-state index is 13.4. The van der Waals surface area contributed by atoms with Gasteiger partial charge in [-0.05, 0) is 37.8 Å². The van der Waals surface area contributed by atoms with Crippen LogP contribution in [0.3, 0.4) is 0 Å². The Morgan fingerprint density at radius 2 is 1.82 bits per heavy atom. The number of nitrogens with zero attached hydrogens (tertiary/aromatic N) is 5. The number of carbonyl (C=O) groups is 2. The van der Waals surface area contributed by atoms with E-state index in [4.69, 9.17) is 21.3 Å². The van der Waals surface area contributed by atoms with Crippen LogP contribution in [0.15, 0.2) is 41.3 Å². The van der Waals surface area contributed by atoms with E-state index in [1.807, 2.05) is 29.2 Å². The highest BCUT2D eigenvalue weighted by Gasteiger charge is 2.33. The summed E-state index contributed by atoms with van der Waals surface area (Å²) >= 11 is 6.08. The fraction of sp³-hybridized carbons (Fsp3) is 0.533. The minimum Gasteiger partial charge on any atom is -0.378 e. The summed E-state index contributed by atoms with van der Waals surface area (Å²) in [5, 5.41) is 0.643. The van der Waals surface area contributed by atoms with Gasteiger partial charge in [-0.1, -0.05) is 43.5 Å². The maximum Gasteiger partial charge on any atom is 0.261 e. The van der Waals surface area contributed by atoms with Gasteiger partial charge in [0.05, 0.1) is 24.9 Å². The molecule has 214 valence electrons. The predicted octanol–water partition coefficient (Wildman–Crippen LogP) is 4.57. The molecule has 2 fully saturated rings. The number of carbonyl (C=O) groups excluding carboxylic acids is 2. The van der Waals surface area contributed by atoms with Crippen LogP contribution in [0.1, 0.15) is 58.3 Å². The van der Waals surface area contributed by atoms with Crippen molar-refractivity contribution in [2.24, 2.45) is 0 Å². The Morgan fingerprint density at radius 1 is 1.05 bits per heavy atom. The number of aromatic nitrogens is 3. The summed E-state index contributed by atoms with van der Waals surface area (Å²) in [4.78, 5) is 48.1. The van der Waals surface area contributed by atoms with E-state index < -0.39 is 0 Å². The third-order valence-corrected chi connectivity index (χ3v) is 8.17. The largest absolute Gasteiger partial charge is 0.378 e. The molecule has 0 aliphatic carbocycles. The summed E-state index contributed by atoms with van der Waals surface area (Å²) in [5.74, 6) is 1.55. The second-order valence-electron chi connectivity index (χ2n) is 10.7. The van der Waals surface area contributed by atoms with E-state index in [-0.39, 0.29) is 23.3 Å². The van der Waals surface area contributed by atoms with E-state index in [2.05, 4.69) is 16.4 Å². The number of hydrogen-bond acceptors (Lipinski definition) is 6. The third-order valence-electron chi connectivity index (χ3n) is 7.92. The van der Waals surface area contributed by atoms with E-state index in [0.717, 1.165) is 43.5 Å². The quantitative estimate of drug-likeness (QED) is 0.315. The molecule has 1 atom stereocenters. The van der Waals surface area contributed by atoms with Gasteiger partial charge in [-0.25, -0.2) is 4.98 Å². The van der Waals surface area contributed by atoms with Gasteiger partial charge >= 0.3 is 0 Å². The van der Waals surface area contributed by atoms with Crippen molar-refractivity contribution in [2.45, 2.75) is 70.9 Å². The Hall–Kier alpha value is -3.17. The van der Waals surface area contributed by atoms with E-state index >= 15 is 0 Å². The smallest absolute Gasteiger partial charge is 0.261 e. The molecule has 2 aromatic heterocycles. The first kappa shape index (κ1) is 28.4. The summed E-state index contributed by atoms with van der Waals surface area (Å²) in [7, 11) is 0. The highest BCUT2D eigenvalue weighted by molar-refractivity contribution is 6.30. The number of ketones is 1. The molecule has 0 N–H and O–H groups in total. The summed E-state index contributed by atoms with van der Waals surface area (Å²) in [6.07, 6.45) is 7.73. The van der Waals surface area contributed by atoms with E-state index in [9.17, 15) is 14.4 Å². The van der Waals surface area contributed by atoms with Crippen LogP contribution in [0.4, 0.5) is 5.82 Å². The molecular weight excluding hydrogens is 530 g/mol. The van der Waals surface area contributed by atoms with Gasteiger partial charge in [-0.2, -0.15) is 0 Å². The minimum atomic E-state index is -0.302. The van der Waals surface area contributed by atoms with Gasteiger partial charge in [0, 0.05) is 61.9 Å². The number of unbranched alkanes of at least 4 members (excludes halogenated alkanes) is 2. The lowest BCUT2D eigenvalue weighted by molar-refractivity contribution is -0.135. The van der Waals surface area contributed by atoms with Crippen LogP contribution in [0.25, 0.3) is 17.0 Å². The number of benzene rings is 1. The lowest BCUT2D eigenvalue weighted by Crippen LogP contribution is -2.41. The lowest BCUT2D eigenvalue weighted by Gasteiger charge is -2.29. The first-order valence-corrected chi connectivity index (χ1v) is 14.9. The molecule has 2 aliphatic heterocycles. The molecule has 0 saturated carbocycles. The number of hydrogen-bond donors (Lipinski definition) is 0. The molecule has 9 nitrogen and oxygen atoms in total. The maximum absolute atomic E-state index is 13.4. The topological polar surface area (TPSA) is 89.1 Å². The third kappa shape index (κ3) is 6.25. The molecule has 5 rings (SSSR count). The highest BCUT2D eigenvalue weighted by atomic mass is 35.5. The average molecular weight is 568 g/mol. The van der Waals surface area contributed by atoms with Crippen LogP contribution >= 0.6 is 11.6 Å². The molecule has 2 saturated heterocycles. The molecular formula is C30H38ClN5O4. The molecule has 4 heterocycles. The molecule has 0 bridgehead atoms. The van der Waals surface area contributed by atoms with Gasteiger partial charge < -0.3 is 14.5 Å². The number of Topliss-reactive ketones (excluding diaryl/α,β-unsaturated/α-hetero) is 1. The fourth-order valence-corrected chi connectivity index (χ4v) is 5.87. The van der Waals surface area contributed by atoms with E-state index in [1.165, 1.54) is 0 Å². The van der Waals surface area contributed by atoms with Crippen molar-refractivity contribution < 1.29 is 14.3 Å². The average Bonchev–Trinajstić information content (AvgIpc) is 3.64. The molecule has 1 aromatic carbocycles. The minimum absolute atomic E-state index is 0.0883. The normalized spacial score (nSPS) is 17.6. The number of anilines is 1. The zero-order chi connectivity index (χ0) is 28.1. The van der Waals surface area contributed by atoms with Gasteiger partial charge in [0.1, 0.15) is 5.82 Å². The van der Waals surface area contributed by atoms with Crippen molar-refractivity contribution in [2.75, 3.05) is 37.7 Å². The Labute approximate surface area is 239 Å². The van der Waals surface area contributed by atoms with E-state index in [1.54, 1.807) is 16.7 Å².